The summed E-state index contributed by atoms with van der Waals surface area (Å²) in [4.78, 5) is 0. The molecular weight excluding hydrogens is 546 g/mol. The van der Waals surface area contributed by atoms with E-state index < -0.39 is 13.7 Å². The van der Waals surface area contributed by atoms with Gasteiger partial charge in [-0.3, -0.25) is 0 Å². The maximum absolute atomic E-state index is 13.1. The SMILES string of the molecule is CCC(C)O.CCC(C)O.CCC(C)O.[CH3][Ge]([CH3])([F])[c-]1cccc1.[Hf]. The molecule has 3 nitrogen and oxygen atoms in total. The summed E-state index contributed by atoms with van der Waals surface area (Å²) in [5.74, 6) is 3.49. The molecule has 3 N–H and O–H groups in total. The number of rotatable bonds is 4. The third-order valence-corrected chi connectivity index (χ3v) is 6.70. The molecule has 1 rings (SSSR count). The molecule has 25 heavy (non-hydrogen) atoms. The molecule has 3 atom stereocenters. The Bertz CT molecular complexity index is 318. The van der Waals surface area contributed by atoms with E-state index in [-0.39, 0.29) is 44.2 Å². The van der Waals surface area contributed by atoms with Crippen molar-refractivity contribution in [3.05, 3.63) is 24.3 Å². The summed E-state index contributed by atoms with van der Waals surface area (Å²) in [5, 5.41) is 25.1. The predicted octanol–water partition coefficient (Wildman–Crippen LogP) is 4.12. The second-order valence-electron chi connectivity index (χ2n) is 6.42. The first kappa shape index (κ1) is 33.2. The fourth-order valence-electron chi connectivity index (χ4n) is 0.770. The molecule has 0 saturated heterocycles. The molecule has 3 unspecified atom stereocenters. The summed E-state index contributed by atoms with van der Waals surface area (Å²) in [6.07, 6.45) is 2.24. The van der Waals surface area contributed by atoms with E-state index in [9.17, 15) is 3.50 Å². The maximum atomic E-state index is 13.1. The van der Waals surface area contributed by atoms with Gasteiger partial charge in [0.05, 0.1) is 18.3 Å². The van der Waals surface area contributed by atoms with Crippen molar-refractivity contribution in [2.75, 3.05) is 0 Å². The number of hydrogen-bond donors (Lipinski definition) is 3. The van der Waals surface area contributed by atoms with E-state index in [1.807, 2.05) is 45.0 Å². The Morgan fingerprint density at radius 3 is 1.08 bits per heavy atom. The van der Waals surface area contributed by atoms with Crippen LogP contribution in [0, 0.1) is 0 Å². The monoisotopic (exact) mass is 589 g/mol. The van der Waals surface area contributed by atoms with Crippen LogP contribution in [0.15, 0.2) is 24.3 Å². The second kappa shape index (κ2) is 20.9. The molecule has 0 amide bonds. The zero-order chi connectivity index (χ0) is 19.8. The van der Waals surface area contributed by atoms with Crippen molar-refractivity contribution in [3.8, 4) is 0 Å². The van der Waals surface area contributed by atoms with Gasteiger partial charge in [-0.2, -0.15) is 0 Å². The molecular formula is C19H40FGeHfO3-. The van der Waals surface area contributed by atoms with Gasteiger partial charge in [-0.05, 0) is 40.0 Å². The average molecular weight is 587 g/mol. The molecule has 0 heterocycles. The standard InChI is InChI=1S/C7H10FGe.3C4H10O.Hf/c1-9(2,8)7-5-3-4-6-7;3*1-3-4(2)5;/h3-6H,1-2H3;3*4-5H,3H2,1-2H3;/q-1;;;;. The minimum absolute atomic E-state index is 0. The summed E-state index contributed by atoms with van der Waals surface area (Å²) in [6.45, 7) is 11.2. The molecule has 0 bridgehead atoms. The molecule has 0 saturated carbocycles. The minimum atomic E-state index is -2.94. The van der Waals surface area contributed by atoms with Gasteiger partial charge in [0.2, 0.25) is 0 Å². The molecule has 0 fully saturated rings. The van der Waals surface area contributed by atoms with E-state index >= 15 is 0 Å². The van der Waals surface area contributed by atoms with Gasteiger partial charge >= 0.3 is 57.4 Å². The Hall–Kier alpha value is 0.573. The Kier molecular flexibility index (Phi) is 27.7. The molecule has 0 radical (unpaired) electrons. The van der Waals surface area contributed by atoms with E-state index in [4.69, 9.17) is 15.3 Å². The van der Waals surface area contributed by atoms with Gasteiger partial charge in [0.15, 0.2) is 0 Å². The van der Waals surface area contributed by atoms with Crippen molar-refractivity contribution < 1.29 is 44.7 Å². The van der Waals surface area contributed by atoms with Crippen LogP contribution in [0.3, 0.4) is 0 Å². The second-order valence-corrected chi connectivity index (χ2v) is 13.8. The molecule has 6 heteroatoms. The summed E-state index contributed by atoms with van der Waals surface area (Å²) < 4.78 is 14.1. The van der Waals surface area contributed by atoms with Crippen LogP contribution in [-0.2, 0) is 25.8 Å². The van der Waals surface area contributed by atoms with E-state index in [1.54, 1.807) is 32.3 Å². The minimum Gasteiger partial charge on any atom is 0 e. The Balaban J connectivity index is -0.000000122. The summed E-state index contributed by atoms with van der Waals surface area (Å²) in [5.41, 5.74) is 0. The van der Waals surface area contributed by atoms with Crippen LogP contribution in [-0.4, -0.2) is 47.4 Å². The molecule has 0 spiro atoms. The van der Waals surface area contributed by atoms with Crippen LogP contribution in [0.2, 0.25) is 11.5 Å². The van der Waals surface area contributed by atoms with Gasteiger partial charge in [-0.1, -0.05) is 20.8 Å². The smallest absolute Gasteiger partial charge is 0 e. The molecule has 0 aliphatic carbocycles. The zero-order valence-corrected chi connectivity index (χ0v) is 23.1. The van der Waals surface area contributed by atoms with Crippen LogP contribution in [0.5, 0.6) is 0 Å². The summed E-state index contributed by atoms with van der Waals surface area (Å²) in [7, 11) is 0. The van der Waals surface area contributed by atoms with Crippen LogP contribution in [0.4, 0.5) is 3.50 Å². The predicted molar refractivity (Wildman–Crippen MR) is 106 cm³/mol. The number of halogens is 1. The van der Waals surface area contributed by atoms with Gasteiger partial charge in [0.1, 0.15) is 0 Å². The molecule has 1 aromatic carbocycles. The van der Waals surface area contributed by atoms with Crippen molar-refractivity contribution in [1.82, 2.24) is 0 Å². The quantitative estimate of drug-likeness (QED) is 0.368. The molecule has 0 aromatic heterocycles. The number of hydrogen-bond acceptors (Lipinski definition) is 3. The van der Waals surface area contributed by atoms with Crippen molar-refractivity contribution in [2.24, 2.45) is 0 Å². The number of aliphatic hydroxyl groups excluding tert-OH is 3. The van der Waals surface area contributed by atoms with Crippen molar-refractivity contribution >= 4 is 18.1 Å². The van der Waals surface area contributed by atoms with Gasteiger partial charge in [-0.25, -0.2) is 0 Å². The van der Waals surface area contributed by atoms with Crippen molar-refractivity contribution in [1.29, 1.82) is 0 Å². The fraction of sp³-hybridized carbons (Fsp3) is 0.737. The molecule has 0 aliphatic heterocycles. The van der Waals surface area contributed by atoms with E-state index in [1.165, 1.54) is 0 Å². The maximum Gasteiger partial charge on any atom is 0 e. The van der Waals surface area contributed by atoms with Gasteiger partial charge in [0.25, 0.3) is 0 Å². The molecule has 0 aliphatic rings. The van der Waals surface area contributed by atoms with Crippen molar-refractivity contribution in [3.63, 3.8) is 0 Å². The first-order valence-electron chi connectivity index (χ1n) is 8.87. The van der Waals surface area contributed by atoms with E-state index in [0.29, 0.717) is 0 Å². The summed E-state index contributed by atoms with van der Waals surface area (Å²) >= 11 is -2.94. The van der Waals surface area contributed by atoms with Crippen molar-refractivity contribution in [2.45, 2.75) is 90.6 Å². The Morgan fingerprint density at radius 2 is 1.00 bits per heavy atom. The average Bonchev–Trinajstić information content (AvgIpc) is 3.03. The van der Waals surface area contributed by atoms with Crippen LogP contribution in [0.1, 0.15) is 60.8 Å². The van der Waals surface area contributed by atoms with Crippen LogP contribution >= 0.6 is 0 Å². The number of aliphatic hydroxyl groups is 3. The third-order valence-electron chi connectivity index (χ3n) is 3.12. The van der Waals surface area contributed by atoms with E-state index in [0.717, 1.165) is 23.7 Å². The van der Waals surface area contributed by atoms with Gasteiger partial charge in [-0.15, -0.1) is 0 Å². The molecule has 1 aromatic rings. The topological polar surface area (TPSA) is 60.7 Å². The largest absolute Gasteiger partial charge is 0 e. The first-order chi connectivity index (χ1) is 10.9. The Morgan fingerprint density at radius 1 is 0.800 bits per heavy atom. The van der Waals surface area contributed by atoms with Gasteiger partial charge < -0.3 is 15.3 Å². The summed E-state index contributed by atoms with van der Waals surface area (Å²) in [6, 6.07) is 7.53. The Labute approximate surface area is 177 Å². The van der Waals surface area contributed by atoms with Crippen LogP contribution in [0.25, 0.3) is 0 Å². The normalized spacial score (nSPS) is 13.3. The van der Waals surface area contributed by atoms with Crippen LogP contribution < -0.4 is 4.40 Å². The van der Waals surface area contributed by atoms with E-state index in [2.05, 4.69) is 0 Å². The third kappa shape index (κ3) is 32.7. The fourth-order valence-corrected chi connectivity index (χ4v) is 2.84. The molecule has 150 valence electrons. The first-order valence-corrected chi connectivity index (χ1v) is 14.9. The zero-order valence-electron chi connectivity index (χ0n) is 17.4. The van der Waals surface area contributed by atoms with Gasteiger partial charge in [0, 0.05) is 25.8 Å².